The minimum absolute atomic E-state index is 0.0273. The van der Waals surface area contributed by atoms with E-state index < -0.39 is 5.97 Å². The van der Waals surface area contributed by atoms with E-state index in [1.807, 2.05) is 0 Å². The molecule has 20 heavy (non-hydrogen) atoms. The van der Waals surface area contributed by atoms with E-state index >= 15 is 0 Å². The Morgan fingerprint density at radius 1 is 1.45 bits per heavy atom. The van der Waals surface area contributed by atoms with Gasteiger partial charge in [0.15, 0.2) is 0 Å². The highest BCUT2D eigenvalue weighted by atomic mass is 16.5. The average Bonchev–Trinajstić information content (AvgIpc) is 2.91. The quantitative estimate of drug-likeness (QED) is 0.829. The van der Waals surface area contributed by atoms with E-state index in [-0.39, 0.29) is 23.7 Å². The molecule has 0 spiro atoms. The van der Waals surface area contributed by atoms with Gasteiger partial charge in [0.25, 0.3) is 0 Å². The number of hydrogen-bond donors (Lipinski definition) is 2. The maximum Gasteiger partial charge on any atom is 0.335 e. The Labute approximate surface area is 114 Å². The van der Waals surface area contributed by atoms with E-state index in [0.717, 1.165) is 0 Å². The lowest BCUT2D eigenvalue weighted by molar-refractivity contribution is -0.116. The standard InChI is InChI=1S/C12H12N4O4/c1-20-10-3-2-8(12(18)19)6-9(10)14-11(17)7-16-5-4-13-15-16/h2-6H,7H2,1H3,(H,14,17)(H,18,19). The Morgan fingerprint density at radius 3 is 2.85 bits per heavy atom. The molecule has 2 rings (SSSR count). The van der Waals surface area contributed by atoms with Crippen molar-refractivity contribution in [1.29, 1.82) is 0 Å². The van der Waals surface area contributed by atoms with E-state index in [9.17, 15) is 9.59 Å². The van der Waals surface area contributed by atoms with Crippen LogP contribution in [0.3, 0.4) is 0 Å². The van der Waals surface area contributed by atoms with Crippen LogP contribution in [0.25, 0.3) is 0 Å². The van der Waals surface area contributed by atoms with Crippen LogP contribution < -0.4 is 10.1 Å². The summed E-state index contributed by atoms with van der Waals surface area (Å²) < 4.78 is 6.42. The first-order valence-corrected chi connectivity index (χ1v) is 5.65. The number of ether oxygens (including phenoxy) is 1. The molecule has 0 radical (unpaired) electrons. The van der Waals surface area contributed by atoms with Crippen LogP contribution in [0, 0.1) is 0 Å². The predicted octanol–water partition coefficient (Wildman–Crippen LogP) is 0.624. The van der Waals surface area contributed by atoms with Crippen molar-refractivity contribution in [2.45, 2.75) is 6.54 Å². The van der Waals surface area contributed by atoms with Crippen LogP contribution in [0.5, 0.6) is 5.75 Å². The fourth-order valence-corrected chi connectivity index (χ4v) is 1.59. The van der Waals surface area contributed by atoms with Crippen molar-refractivity contribution in [3.63, 3.8) is 0 Å². The third-order valence-electron chi connectivity index (χ3n) is 2.50. The van der Waals surface area contributed by atoms with Gasteiger partial charge in [-0.1, -0.05) is 5.21 Å². The molecule has 1 aromatic carbocycles. The number of aromatic nitrogens is 3. The molecule has 8 heteroatoms. The molecule has 1 aromatic heterocycles. The lowest BCUT2D eigenvalue weighted by atomic mass is 10.2. The van der Waals surface area contributed by atoms with Crippen LogP contribution in [-0.2, 0) is 11.3 Å². The highest BCUT2D eigenvalue weighted by molar-refractivity contribution is 5.95. The van der Waals surface area contributed by atoms with Gasteiger partial charge in [-0.3, -0.25) is 4.79 Å². The van der Waals surface area contributed by atoms with Crippen LogP contribution in [0.1, 0.15) is 10.4 Å². The average molecular weight is 276 g/mol. The molecule has 1 heterocycles. The molecule has 2 aromatic rings. The molecule has 0 aliphatic rings. The van der Waals surface area contributed by atoms with Gasteiger partial charge in [-0.25, -0.2) is 9.48 Å². The number of carboxylic acids is 1. The number of benzene rings is 1. The summed E-state index contributed by atoms with van der Waals surface area (Å²) in [6, 6.07) is 4.21. The van der Waals surface area contributed by atoms with Gasteiger partial charge in [0.1, 0.15) is 12.3 Å². The Bertz CT molecular complexity index is 624. The number of carbonyl (C=O) groups excluding carboxylic acids is 1. The number of hydrogen-bond acceptors (Lipinski definition) is 5. The topological polar surface area (TPSA) is 106 Å². The van der Waals surface area contributed by atoms with E-state index in [2.05, 4.69) is 15.6 Å². The second-order valence-electron chi connectivity index (χ2n) is 3.87. The number of methoxy groups -OCH3 is 1. The van der Waals surface area contributed by atoms with Gasteiger partial charge in [-0.15, -0.1) is 5.10 Å². The number of rotatable bonds is 5. The number of carboxylic acid groups (broad SMARTS) is 1. The van der Waals surface area contributed by atoms with Gasteiger partial charge >= 0.3 is 5.97 Å². The summed E-state index contributed by atoms with van der Waals surface area (Å²) in [5, 5.41) is 18.8. The summed E-state index contributed by atoms with van der Waals surface area (Å²) in [5.74, 6) is -1.07. The van der Waals surface area contributed by atoms with Crippen molar-refractivity contribution in [3.8, 4) is 5.75 Å². The third kappa shape index (κ3) is 3.10. The minimum Gasteiger partial charge on any atom is -0.495 e. The largest absolute Gasteiger partial charge is 0.495 e. The minimum atomic E-state index is -1.08. The molecule has 0 atom stereocenters. The highest BCUT2D eigenvalue weighted by Gasteiger charge is 2.12. The summed E-state index contributed by atoms with van der Waals surface area (Å²) in [6.45, 7) is -0.0273. The molecular weight excluding hydrogens is 264 g/mol. The first-order valence-electron chi connectivity index (χ1n) is 5.65. The molecule has 0 saturated heterocycles. The summed E-state index contributed by atoms with van der Waals surface area (Å²) in [6.07, 6.45) is 3.00. The first-order chi connectivity index (χ1) is 9.60. The van der Waals surface area contributed by atoms with Crippen LogP contribution >= 0.6 is 0 Å². The van der Waals surface area contributed by atoms with E-state index in [0.29, 0.717) is 5.75 Å². The molecule has 104 valence electrons. The summed E-state index contributed by atoms with van der Waals surface area (Å²) >= 11 is 0. The fourth-order valence-electron chi connectivity index (χ4n) is 1.59. The lowest BCUT2D eigenvalue weighted by Crippen LogP contribution is -2.19. The fraction of sp³-hybridized carbons (Fsp3) is 0.167. The van der Waals surface area contributed by atoms with E-state index in [1.165, 1.54) is 36.2 Å². The zero-order valence-electron chi connectivity index (χ0n) is 10.6. The maximum atomic E-state index is 11.8. The van der Waals surface area contributed by atoms with Crippen molar-refractivity contribution in [2.75, 3.05) is 12.4 Å². The zero-order chi connectivity index (χ0) is 14.5. The Morgan fingerprint density at radius 2 is 2.25 bits per heavy atom. The molecule has 1 amide bonds. The van der Waals surface area contributed by atoms with Crippen LogP contribution in [-0.4, -0.2) is 39.1 Å². The summed E-state index contributed by atoms with van der Waals surface area (Å²) in [7, 11) is 1.43. The molecule has 0 aliphatic carbocycles. The molecule has 0 aliphatic heterocycles. The second-order valence-corrected chi connectivity index (χ2v) is 3.87. The van der Waals surface area contributed by atoms with Gasteiger partial charge in [0.05, 0.1) is 24.6 Å². The third-order valence-corrected chi connectivity index (χ3v) is 2.50. The van der Waals surface area contributed by atoms with Crippen molar-refractivity contribution in [2.24, 2.45) is 0 Å². The number of carbonyl (C=O) groups is 2. The maximum absolute atomic E-state index is 11.8. The molecule has 0 fully saturated rings. The molecule has 8 nitrogen and oxygen atoms in total. The number of nitrogens with one attached hydrogen (secondary N) is 1. The van der Waals surface area contributed by atoms with E-state index in [4.69, 9.17) is 9.84 Å². The van der Waals surface area contributed by atoms with Gasteiger partial charge in [0.2, 0.25) is 5.91 Å². The van der Waals surface area contributed by atoms with Crippen molar-refractivity contribution < 1.29 is 19.4 Å². The lowest BCUT2D eigenvalue weighted by Gasteiger charge is -2.10. The van der Waals surface area contributed by atoms with Gasteiger partial charge in [-0.2, -0.15) is 0 Å². The SMILES string of the molecule is COc1ccc(C(=O)O)cc1NC(=O)Cn1ccnn1. The summed E-state index contributed by atoms with van der Waals surface area (Å²) in [4.78, 5) is 22.7. The second kappa shape index (κ2) is 5.83. The molecule has 0 saturated carbocycles. The predicted molar refractivity (Wildman–Crippen MR) is 68.6 cm³/mol. The number of nitrogens with zero attached hydrogens (tertiary/aromatic N) is 3. The van der Waals surface area contributed by atoms with Gasteiger partial charge in [-0.05, 0) is 18.2 Å². The molecule has 0 unspecified atom stereocenters. The molecular formula is C12H12N4O4. The van der Waals surface area contributed by atoms with Gasteiger partial charge in [0, 0.05) is 6.20 Å². The van der Waals surface area contributed by atoms with Crippen LogP contribution in [0.2, 0.25) is 0 Å². The van der Waals surface area contributed by atoms with Gasteiger partial charge < -0.3 is 15.2 Å². The summed E-state index contributed by atoms with van der Waals surface area (Å²) in [5.41, 5.74) is 0.347. The number of amides is 1. The monoisotopic (exact) mass is 276 g/mol. The number of aromatic carboxylic acids is 1. The Balaban J connectivity index is 2.16. The Kier molecular flexibility index (Phi) is 3.94. The normalized spacial score (nSPS) is 10.1. The van der Waals surface area contributed by atoms with E-state index in [1.54, 1.807) is 6.20 Å². The zero-order valence-corrected chi connectivity index (χ0v) is 10.6. The van der Waals surface area contributed by atoms with Crippen molar-refractivity contribution in [3.05, 3.63) is 36.2 Å². The van der Waals surface area contributed by atoms with Crippen LogP contribution in [0.4, 0.5) is 5.69 Å². The van der Waals surface area contributed by atoms with Crippen LogP contribution in [0.15, 0.2) is 30.6 Å². The smallest absolute Gasteiger partial charge is 0.335 e. The number of anilines is 1. The van der Waals surface area contributed by atoms with Crippen molar-refractivity contribution in [1.82, 2.24) is 15.0 Å². The van der Waals surface area contributed by atoms with Crippen molar-refractivity contribution >= 4 is 17.6 Å². The first kappa shape index (κ1) is 13.5. The Hall–Kier alpha value is -2.90. The molecule has 0 bridgehead atoms. The highest BCUT2D eigenvalue weighted by Crippen LogP contribution is 2.25. The molecule has 2 N–H and O–H groups in total.